The number of nitro groups is 1. The van der Waals surface area contributed by atoms with Crippen LogP contribution < -0.4 is 4.74 Å². The summed E-state index contributed by atoms with van der Waals surface area (Å²) in [6.07, 6.45) is 1.41. The minimum Gasteiger partial charge on any atom is -0.485 e. The lowest BCUT2D eigenvalue weighted by molar-refractivity contribution is -0.385. The highest BCUT2D eigenvalue weighted by Crippen LogP contribution is 2.22. The van der Waals surface area contributed by atoms with Gasteiger partial charge < -0.3 is 4.74 Å². The zero-order chi connectivity index (χ0) is 15.4. The van der Waals surface area contributed by atoms with Gasteiger partial charge in [-0.05, 0) is 5.92 Å². The quantitative estimate of drug-likeness (QED) is 0.604. The van der Waals surface area contributed by atoms with Crippen molar-refractivity contribution < 1.29 is 14.1 Å². The summed E-state index contributed by atoms with van der Waals surface area (Å²) in [6, 6.07) is 3.11. The highest BCUT2D eigenvalue weighted by atomic mass is 19.1. The molecule has 0 spiro atoms. The van der Waals surface area contributed by atoms with Crippen LogP contribution in [0, 0.1) is 21.8 Å². The molecule has 1 heterocycles. The monoisotopic (exact) mass is 294 g/mol. The smallest absolute Gasteiger partial charge is 0.276 e. The predicted octanol–water partition coefficient (Wildman–Crippen LogP) is 2.56. The lowest BCUT2D eigenvalue weighted by atomic mass is 10.2. The van der Waals surface area contributed by atoms with E-state index < -0.39 is 10.7 Å². The number of halogens is 1. The molecule has 1 aromatic heterocycles. The van der Waals surface area contributed by atoms with Crippen molar-refractivity contribution in [2.75, 3.05) is 0 Å². The van der Waals surface area contributed by atoms with Gasteiger partial charge in [0.2, 0.25) is 0 Å². The summed E-state index contributed by atoms with van der Waals surface area (Å²) in [5.74, 6) is 0.333. The third-order valence-corrected chi connectivity index (χ3v) is 2.67. The number of nitro benzene ring substituents is 1. The Kier molecular flexibility index (Phi) is 4.46. The number of aromatic nitrogens is 3. The van der Waals surface area contributed by atoms with E-state index in [9.17, 15) is 14.5 Å². The van der Waals surface area contributed by atoms with Crippen molar-refractivity contribution in [2.24, 2.45) is 5.92 Å². The first-order chi connectivity index (χ1) is 9.95. The zero-order valence-electron chi connectivity index (χ0n) is 11.7. The molecule has 2 aromatic rings. The minimum absolute atomic E-state index is 0.0628. The van der Waals surface area contributed by atoms with Crippen LogP contribution in [0.2, 0.25) is 0 Å². The van der Waals surface area contributed by atoms with Crippen molar-refractivity contribution in [1.29, 1.82) is 0 Å². The van der Waals surface area contributed by atoms with Gasteiger partial charge in [0.15, 0.2) is 5.82 Å². The number of non-ortho nitro benzene ring substituents is 1. The fourth-order valence-electron chi connectivity index (χ4n) is 1.78. The van der Waals surface area contributed by atoms with Gasteiger partial charge in [0, 0.05) is 12.6 Å². The van der Waals surface area contributed by atoms with Crippen LogP contribution in [0.1, 0.15) is 19.7 Å². The van der Waals surface area contributed by atoms with Crippen molar-refractivity contribution in [3.05, 3.63) is 46.3 Å². The molecule has 0 bridgehead atoms. The summed E-state index contributed by atoms with van der Waals surface area (Å²) in [4.78, 5) is 14.1. The molecule has 1 aromatic carbocycles. The van der Waals surface area contributed by atoms with Gasteiger partial charge >= 0.3 is 0 Å². The van der Waals surface area contributed by atoms with Crippen LogP contribution in [0.4, 0.5) is 10.1 Å². The minimum atomic E-state index is -0.720. The molecule has 0 saturated carbocycles. The van der Waals surface area contributed by atoms with Crippen LogP contribution in [0.15, 0.2) is 24.5 Å². The van der Waals surface area contributed by atoms with Crippen LogP contribution in [0.3, 0.4) is 0 Å². The van der Waals surface area contributed by atoms with Crippen molar-refractivity contribution in [3.63, 3.8) is 0 Å². The fraction of sp³-hybridized carbons (Fsp3) is 0.385. The van der Waals surface area contributed by atoms with E-state index >= 15 is 0 Å². The average Bonchev–Trinajstić information content (AvgIpc) is 2.82. The Labute approximate surface area is 120 Å². The van der Waals surface area contributed by atoms with Crippen molar-refractivity contribution in [3.8, 4) is 5.75 Å². The largest absolute Gasteiger partial charge is 0.485 e. The summed E-state index contributed by atoms with van der Waals surface area (Å²) in [7, 11) is 0. The van der Waals surface area contributed by atoms with Crippen LogP contribution in [0.25, 0.3) is 0 Å². The molecule has 8 heteroatoms. The van der Waals surface area contributed by atoms with E-state index in [1.165, 1.54) is 12.4 Å². The van der Waals surface area contributed by atoms with Gasteiger partial charge in [0.25, 0.3) is 5.69 Å². The topological polar surface area (TPSA) is 83.1 Å². The molecule has 0 saturated heterocycles. The number of nitrogens with zero attached hydrogens (tertiary/aromatic N) is 4. The molecule has 0 atom stereocenters. The molecule has 0 amide bonds. The van der Waals surface area contributed by atoms with Gasteiger partial charge in [-0.25, -0.2) is 14.1 Å². The fourth-order valence-corrected chi connectivity index (χ4v) is 1.78. The zero-order valence-corrected chi connectivity index (χ0v) is 11.7. The first kappa shape index (κ1) is 14.9. The maximum absolute atomic E-state index is 13.3. The number of hydrogen-bond acceptors (Lipinski definition) is 5. The second-order valence-electron chi connectivity index (χ2n) is 4.94. The molecule has 21 heavy (non-hydrogen) atoms. The highest BCUT2D eigenvalue weighted by Gasteiger charge is 2.12. The van der Waals surface area contributed by atoms with Crippen molar-refractivity contribution in [1.82, 2.24) is 14.8 Å². The molecule has 2 rings (SSSR count). The Balaban J connectivity index is 2.10. The maximum Gasteiger partial charge on any atom is 0.276 e. The van der Waals surface area contributed by atoms with Crippen molar-refractivity contribution in [2.45, 2.75) is 27.0 Å². The van der Waals surface area contributed by atoms with E-state index in [-0.39, 0.29) is 18.0 Å². The van der Waals surface area contributed by atoms with Crippen LogP contribution in [-0.4, -0.2) is 19.7 Å². The van der Waals surface area contributed by atoms with Crippen LogP contribution in [-0.2, 0) is 13.2 Å². The number of rotatable bonds is 6. The highest BCUT2D eigenvalue weighted by molar-refractivity contribution is 5.38. The summed E-state index contributed by atoms with van der Waals surface area (Å²) < 4.78 is 20.4. The van der Waals surface area contributed by atoms with E-state index in [1.807, 2.05) is 13.8 Å². The van der Waals surface area contributed by atoms with Gasteiger partial charge in [-0.3, -0.25) is 10.1 Å². The number of hydrogen-bond donors (Lipinski definition) is 0. The van der Waals surface area contributed by atoms with Crippen molar-refractivity contribution >= 4 is 5.69 Å². The summed E-state index contributed by atoms with van der Waals surface area (Å²) in [5, 5.41) is 14.7. The first-order valence-corrected chi connectivity index (χ1v) is 6.40. The number of ether oxygens (including phenoxy) is 1. The average molecular weight is 294 g/mol. The lowest BCUT2D eigenvalue weighted by Crippen LogP contribution is -2.12. The van der Waals surface area contributed by atoms with E-state index in [2.05, 4.69) is 10.1 Å². The molecule has 0 N–H and O–H groups in total. The van der Waals surface area contributed by atoms with E-state index in [1.54, 1.807) is 4.68 Å². The molecule has 0 aliphatic carbocycles. The van der Waals surface area contributed by atoms with E-state index in [0.717, 1.165) is 12.1 Å². The Morgan fingerprint density at radius 1 is 1.43 bits per heavy atom. The van der Waals surface area contributed by atoms with Gasteiger partial charge in [0.05, 0.1) is 17.1 Å². The Bertz CT molecular complexity index is 642. The van der Waals surface area contributed by atoms with Crippen LogP contribution >= 0.6 is 0 Å². The predicted molar refractivity (Wildman–Crippen MR) is 72.2 cm³/mol. The summed E-state index contributed by atoms with van der Waals surface area (Å²) in [6.45, 7) is 4.83. The van der Waals surface area contributed by atoms with Crippen LogP contribution in [0.5, 0.6) is 5.75 Å². The molecule has 0 fully saturated rings. The van der Waals surface area contributed by atoms with Gasteiger partial charge in [-0.15, -0.1) is 0 Å². The molecule has 7 nitrogen and oxygen atoms in total. The van der Waals surface area contributed by atoms with Gasteiger partial charge in [-0.2, -0.15) is 5.10 Å². The van der Waals surface area contributed by atoms with E-state index in [0.29, 0.717) is 18.3 Å². The summed E-state index contributed by atoms with van der Waals surface area (Å²) >= 11 is 0. The third kappa shape index (κ3) is 3.98. The van der Waals surface area contributed by atoms with Gasteiger partial charge in [-0.1, -0.05) is 13.8 Å². The Hall–Kier alpha value is -2.51. The van der Waals surface area contributed by atoms with E-state index in [4.69, 9.17) is 4.74 Å². The number of benzene rings is 1. The maximum atomic E-state index is 13.3. The second kappa shape index (κ2) is 6.29. The lowest BCUT2D eigenvalue weighted by Gasteiger charge is -2.09. The standard InChI is InChI=1S/C13H15FN4O3/c1-9(2)6-17-13(15-8-16-17)7-21-12-4-10(14)3-11(5-12)18(19)20/h3-5,8-9H,6-7H2,1-2H3. The Morgan fingerprint density at radius 2 is 2.19 bits per heavy atom. The molecule has 0 aliphatic heterocycles. The van der Waals surface area contributed by atoms with Gasteiger partial charge in [0.1, 0.15) is 24.5 Å². The molecule has 112 valence electrons. The Morgan fingerprint density at radius 3 is 2.86 bits per heavy atom. The normalized spacial score (nSPS) is 10.9. The molecule has 0 unspecified atom stereocenters. The summed E-state index contributed by atoms with van der Waals surface area (Å²) in [5.41, 5.74) is -0.353. The second-order valence-corrected chi connectivity index (χ2v) is 4.94. The third-order valence-electron chi connectivity index (χ3n) is 2.67. The SMILES string of the molecule is CC(C)Cn1ncnc1COc1cc(F)cc([N+](=O)[O-])c1. The molecule has 0 aliphatic rings. The first-order valence-electron chi connectivity index (χ1n) is 6.40. The molecule has 0 radical (unpaired) electrons. The molecular weight excluding hydrogens is 279 g/mol. The molecular formula is C13H15FN4O3.